The highest BCUT2D eigenvalue weighted by Gasteiger charge is 2.03. The van der Waals surface area contributed by atoms with Crippen LogP contribution in [0.3, 0.4) is 0 Å². The van der Waals surface area contributed by atoms with Crippen LogP contribution in [0.2, 0.25) is 0 Å². The first-order valence-corrected chi connectivity index (χ1v) is 7.05. The van der Waals surface area contributed by atoms with E-state index in [-0.39, 0.29) is 18.4 Å². The molecule has 1 aromatic carbocycles. The van der Waals surface area contributed by atoms with E-state index in [1.807, 2.05) is 18.2 Å². The van der Waals surface area contributed by atoms with Crippen LogP contribution in [-0.4, -0.2) is 32.6 Å². The van der Waals surface area contributed by atoms with Crippen LogP contribution in [0.5, 0.6) is 17.2 Å². The first kappa shape index (κ1) is 19.2. The quantitative estimate of drug-likeness (QED) is 0.542. The smallest absolute Gasteiger partial charge is 0.126 e. The van der Waals surface area contributed by atoms with Gasteiger partial charge in [0.1, 0.15) is 17.2 Å². The summed E-state index contributed by atoms with van der Waals surface area (Å²) in [5.74, 6) is 2.95. The number of nitrogens with two attached hydrogens (primary N) is 1. The molecule has 0 unspecified atom stereocenters. The molecule has 0 aromatic heterocycles. The van der Waals surface area contributed by atoms with E-state index in [4.69, 9.17) is 19.9 Å². The van der Waals surface area contributed by atoms with Crippen LogP contribution in [-0.2, 0) is 0 Å². The molecule has 0 bridgehead atoms. The third kappa shape index (κ3) is 7.12. The first-order valence-electron chi connectivity index (χ1n) is 6.42. The Bertz CT molecular complexity index is 357. The summed E-state index contributed by atoms with van der Waals surface area (Å²) >= 11 is 4.16. The van der Waals surface area contributed by atoms with E-state index in [0.29, 0.717) is 6.61 Å². The van der Waals surface area contributed by atoms with Crippen molar-refractivity contribution in [3.63, 3.8) is 0 Å². The van der Waals surface area contributed by atoms with Crippen molar-refractivity contribution in [2.24, 2.45) is 5.73 Å². The van der Waals surface area contributed by atoms with Crippen molar-refractivity contribution in [2.75, 3.05) is 26.6 Å². The Morgan fingerprint density at radius 1 is 1.05 bits per heavy atom. The molecule has 0 heterocycles. The largest absolute Gasteiger partial charge is 0.496 e. The van der Waals surface area contributed by atoms with Crippen molar-refractivity contribution in [1.29, 1.82) is 0 Å². The highest BCUT2D eigenvalue weighted by molar-refractivity contribution is 7.80. The molecule has 0 spiro atoms. The van der Waals surface area contributed by atoms with Gasteiger partial charge in [0.25, 0.3) is 0 Å². The molecule has 0 aliphatic heterocycles. The molecule has 2 N–H and O–H groups in total. The number of hydrogen-bond acceptors (Lipinski definition) is 5. The van der Waals surface area contributed by atoms with Crippen molar-refractivity contribution in [3.8, 4) is 17.2 Å². The van der Waals surface area contributed by atoms with Gasteiger partial charge in [-0.3, -0.25) is 0 Å². The van der Waals surface area contributed by atoms with Gasteiger partial charge in [0.2, 0.25) is 0 Å². The minimum atomic E-state index is 0. The predicted molar refractivity (Wildman–Crippen MR) is 88.0 cm³/mol. The van der Waals surface area contributed by atoms with Crippen LogP contribution in [0.25, 0.3) is 0 Å². The lowest BCUT2D eigenvalue weighted by Crippen LogP contribution is -2.21. The van der Waals surface area contributed by atoms with Crippen molar-refractivity contribution in [3.05, 3.63) is 18.2 Å². The van der Waals surface area contributed by atoms with Crippen LogP contribution >= 0.6 is 25.0 Å². The summed E-state index contributed by atoms with van der Waals surface area (Å²) in [6, 6.07) is 5.70. The Kier molecular flexibility index (Phi) is 10.5. The number of thiol groups is 1. The van der Waals surface area contributed by atoms with Gasteiger partial charge in [-0.05, 0) is 19.3 Å². The van der Waals surface area contributed by atoms with Crippen molar-refractivity contribution in [1.82, 2.24) is 0 Å². The van der Waals surface area contributed by atoms with E-state index in [2.05, 4.69) is 12.6 Å². The topological polar surface area (TPSA) is 53.7 Å². The van der Waals surface area contributed by atoms with Crippen molar-refractivity contribution >= 4 is 25.0 Å². The third-order valence-electron chi connectivity index (χ3n) is 2.80. The standard InChI is InChI=1S/C14H23NO3S.ClH/c1-16-12-7-13(17-2)9-14(8-12)18-6-4-3-5-11(15)10-19;/h7-9,11,19H,3-6,10,15H2,1-2H3;1H/t11-;/m1./s1. The zero-order valence-electron chi connectivity index (χ0n) is 12.0. The van der Waals surface area contributed by atoms with Gasteiger partial charge >= 0.3 is 0 Å². The van der Waals surface area contributed by atoms with Crippen LogP contribution in [0.1, 0.15) is 19.3 Å². The van der Waals surface area contributed by atoms with Crippen molar-refractivity contribution < 1.29 is 14.2 Å². The normalized spacial score (nSPS) is 11.4. The van der Waals surface area contributed by atoms with E-state index in [9.17, 15) is 0 Å². The number of benzene rings is 1. The molecule has 1 rings (SSSR count). The van der Waals surface area contributed by atoms with Gasteiger partial charge in [-0.25, -0.2) is 0 Å². The number of ether oxygens (including phenoxy) is 3. The first-order chi connectivity index (χ1) is 9.19. The molecule has 1 atom stereocenters. The molecule has 0 aliphatic carbocycles. The maximum absolute atomic E-state index is 5.79. The summed E-state index contributed by atoms with van der Waals surface area (Å²) in [6.45, 7) is 0.662. The summed E-state index contributed by atoms with van der Waals surface area (Å²) < 4.78 is 16.1. The molecule has 0 aliphatic rings. The number of halogens is 1. The maximum Gasteiger partial charge on any atom is 0.126 e. The predicted octanol–water partition coefficient (Wildman–Crippen LogP) is 2.93. The molecule has 0 saturated heterocycles. The molecular weight excluding hydrogens is 298 g/mol. The molecule has 20 heavy (non-hydrogen) atoms. The van der Waals surface area contributed by atoms with Crippen LogP contribution in [0.4, 0.5) is 0 Å². The van der Waals surface area contributed by atoms with Gasteiger partial charge in [0, 0.05) is 30.0 Å². The molecule has 4 nitrogen and oxygen atoms in total. The molecule has 0 saturated carbocycles. The molecule has 6 heteroatoms. The Labute approximate surface area is 132 Å². The average Bonchev–Trinajstić information content (AvgIpc) is 2.46. The summed E-state index contributed by atoms with van der Waals surface area (Å²) in [6.07, 6.45) is 3.00. The Hall–Kier alpha value is -0.780. The Morgan fingerprint density at radius 2 is 1.60 bits per heavy atom. The molecular formula is C14H24ClNO3S. The molecule has 0 fully saturated rings. The maximum atomic E-state index is 5.79. The fourth-order valence-electron chi connectivity index (χ4n) is 1.65. The van der Waals surface area contributed by atoms with Gasteiger partial charge in [-0.15, -0.1) is 12.4 Å². The van der Waals surface area contributed by atoms with E-state index < -0.39 is 0 Å². The fraction of sp³-hybridized carbons (Fsp3) is 0.571. The van der Waals surface area contributed by atoms with Crippen molar-refractivity contribution in [2.45, 2.75) is 25.3 Å². The minimum Gasteiger partial charge on any atom is -0.496 e. The lowest BCUT2D eigenvalue weighted by Gasteiger charge is -2.11. The fourth-order valence-corrected chi connectivity index (χ4v) is 1.84. The second kappa shape index (κ2) is 10.9. The zero-order valence-corrected chi connectivity index (χ0v) is 13.7. The SMILES string of the molecule is COc1cc(OC)cc(OCCCC[C@@H](N)CS)c1.Cl. The average molecular weight is 322 g/mol. The summed E-state index contributed by atoms with van der Waals surface area (Å²) in [5, 5.41) is 0. The van der Waals surface area contributed by atoms with Crippen LogP contribution in [0.15, 0.2) is 18.2 Å². The van der Waals surface area contributed by atoms with Gasteiger partial charge in [0.05, 0.1) is 20.8 Å². The number of rotatable bonds is 9. The van der Waals surface area contributed by atoms with Crippen LogP contribution in [0, 0.1) is 0 Å². The summed E-state index contributed by atoms with van der Waals surface area (Å²) in [4.78, 5) is 0. The third-order valence-corrected chi connectivity index (χ3v) is 3.27. The second-order valence-electron chi connectivity index (χ2n) is 4.34. The monoisotopic (exact) mass is 321 g/mol. The number of methoxy groups -OCH3 is 2. The number of unbranched alkanes of at least 4 members (excludes halogenated alkanes) is 1. The Morgan fingerprint density at radius 3 is 2.10 bits per heavy atom. The molecule has 116 valence electrons. The number of hydrogen-bond donors (Lipinski definition) is 2. The van der Waals surface area contributed by atoms with Gasteiger partial charge in [-0.1, -0.05) is 0 Å². The summed E-state index contributed by atoms with van der Waals surface area (Å²) in [7, 11) is 3.24. The van der Waals surface area contributed by atoms with E-state index >= 15 is 0 Å². The summed E-state index contributed by atoms with van der Waals surface area (Å²) in [5.41, 5.74) is 5.79. The minimum absolute atomic E-state index is 0. The van der Waals surface area contributed by atoms with E-state index in [1.54, 1.807) is 14.2 Å². The van der Waals surface area contributed by atoms with E-state index in [1.165, 1.54) is 0 Å². The lowest BCUT2D eigenvalue weighted by molar-refractivity contribution is 0.299. The highest BCUT2D eigenvalue weighted by atomic mass is 35.5. The van der Waals surface area contributed by atoms with Gasteiger partial charge < -0.3 is 19.9 Å². The molecule has 0 amide bonds. The lowest BCUT2D eigenvalue weighted by atomic mass is 10.1. The zero-order chi connectivity index (χ0) is 14.1. The molecule has 1 aromatic rings. The second-order valence-corrected chi connectivity index (χ2v) is 4.70. The van der Waals surface area contributed by atoms with Gasteiger partial charge in [0.15, 0.2) is 0 Å². The van der Waals surface area contributed by atoms with Crippen LogP contribution < -0.4 is 19.9 Å². The molecule has 0 radical (unpaired) electrons. The highest BCUT2D eigenvalue weighted by Crippen LogP contribution is 2.27. The van der Waals surface area contributed by atoms with E-state index in [0.717, 1.165) is 42.3 Å². The Balaban J connectivity index is 0.00000361. The van der Waals surface area contributed by atoms with Gasteiger partial charge in [-0.2, -0.15) is 12.6 Å².